The van der Waals surface area contributed by atoms with Crippen LogP contribution >= 0.6 is 0 Å². The molecule has 0 aliphatic heterocycles. The molecule has 12 heteroatoms. The fourth-order valence-electron chi connectivity index (χ4n) is 3.85. The molecule has 252 valence electrons. The number of hydrogen-bond acceptors (Lipinski definition) is 9. The highest BCUT2D eigenvalue weighted by molar-refractivity contribution is 5.94. The minimum Gasteiger partial charge on any atom is -0.460 e. The van der Waals surface area contributed by atoms with E-state index in [2.05, 4.69) is 16.0 Å². The summed E-state index contributed by atoms with van der Waals surface area (Å²) < 4.78 is 16.2. The molecular weight excluding hydrogens is 582 g/mol. The molecule has 1 aromatic rings. The zero-order valence-corrected chi connectivity index (χ0v) is 28.2. The minimum absolute atomic E-state index is 0.0402. The van der Waals surface area contributed by atoms with E-state index < -0.39 is 65.0 Å². The second kappa shape index (κ2) is 17.5. The molecule has 3 N–H and O–H groups in total. The molecule has 0 aromatic heterocycles. The van der Waals surface area contributed by atoms with Crippen molar-refractivity contribution < 1.29 is 43.0 Å². The van der Waals surface area contributed by atoms with Crippen molar-refractivity contribution in [3.8, 4) is 0 Å². The van der Waals surface area contributed by atoms with Gasteiger partial charge in [-0.3, -0.25) is 19.2 Å². The molecule has 3 amide bonds. The first-order valence-electron chi connectivity index (χ1n) is 15.2. The van der Waals surface area contributed by atoms with Crippen molar-refractivity contribution in [3.05, 3.63) is 35.9 Å². The molecule has 0 radical (unpaired) electrons. The lowest BCUT2D eigenvalue weighted by Gasteiger charge is -2.26. The van der Waals surface area contributed by atoms with Crippen LogP contribution in [0.5, 0.6) is 0 Å². The smallest absolute Gasteiger partial charge is 0.329 e. The van der Waals surface area contributed by atoms with Crippen LogP contribution in [0.1, 0.15) is 111 Å². The molecule has 0 fully saturated rings. The number of nitrogens with one attached hydrogen (secondary N) is 3. The van der Waals surface area contributed by atoms with Crippen LogP contribution in [-0.2, 0) is 38.2 Å². The average molecular weight is 634 g/mol. The van der Waals surface area contributed by atoms with Gasteiger partial charge in [0.2, 0.25) is 11.8 Å². The van der Waals surface area contributed by atoms with Crippen molar-refractivity contribution in [3.63, 3.8) is 0 Å². The van der Waals surface area contributed by atoms with Crippen LogP contribution in [0.15, 0.2) is 30.3 Å². The lowest BCUT2D eigenvalue weighted by atomic mass is 10.1. The summed E-state index contributed by atoms with van der Waals surface area (Å²) in [6, 6.07) is 6.21. The van der Waals surface area contributed by atoms with Crippen LogP contribution < -0.4 is 16.0 Å². The van der Waals surface area contributed by atoms with E-state index >= 15 is 0 Å². The van der Waals surface area contributed by atoms with Gasteiger partial charge in [0.15, 0.2) is 0 Å². The molecule has 2 atom stereocenters. The lowest BCUT2D eigenvalue weighted by molar-refractivity contribution is -0.160. The van der Waals surface area contributed by atoms with Crippen molar-refractivity contribution >= 4 is 35.6 Å². The highest BCUT2D eigenvalue weighted by atomic mass is 16.6. The van der Waals surface area contributed by atoms with E-state index in [-0.39, 0.29) is 25.2 Å². The summed E-state index contributed by atoms with van der Waals surface area (Å²) in [6.07, 6.45) is 0.190. The van der Waals surface area contributed by atoms with Gasteiger partial charge in [-0.25, -0.2) is 9.59 Å². The molecule has 0 saturated carbocycles. The van der Waals surface area contributed by atoms with Gasteiger partial charge in [0.25, 0.3) is 5.91 Å². The zero-order chi connectivity index (χ0) is 34.4. The van der Waals surface area contributed by atoms with Gasteiger partial charge in [0.05, 0.1) is 6.42 Å². The molecular formula is C33H51N3O9. The van der Waals surface area contributed by atoms with Crippen LogP contribution in [0.25, 0.3) is 0 Å². The molecule has 0 bridgehead atoms. The van der Waals surface area contributed by atoms with Crippen LogP contribution in [0, 0.1) is 0 Å². The second-order valence-electron chi connectivity index (χ2n) is 13.7. The molecule has 0 saturated heterocycles. The third-order valence-electron chi connectivity index (χ3n) is 5.65. The highest BCUT2D eigenvalue weighted by Gasteiger charge is 2.32. The summed E-state index contributed by atoms with van der Waals surface area (Å²) in [4.78, 5) is 76.1. The fraction of sp³-hybridized carbons (Fsp3) is 0.636. The SMILES string of the molecule is CC(C)(C)OC(=O)CC[C@H](NC(=O)C[C@H](NC(=O)CCCCNC(=O)c1ccccc1)C(=O)OC(C)(C)C)C(=O)OC(C)(C)C. The van der Waals surface area contributed by atoms with Crippen LogP contribution in [-0.4, -0.2) is 71.1 Å². The Bertz CT molecular complexity index is 1160. The number of carbonyl (C=O) groups is 6. The van der Waals surface area contributed by atoms with E-state index in [1.54, 1.807) is 86.6 Å². The van der Waals surface area contributed by atoms with Crippen LogP contribution in [0.2, 0.25) is 0 Å². The Balaban J connectivity index is 2.84. The number of unbranched alkanes of at least 4 members (excludes halogenated alkanes) is 1. The Hall–Kier alpha value is -3.96. The quantitative estimate of drug-likeness (QED) is 0.148. The monoisotopic (exact) mass is 633 g/mol. The Morgan fingerprint density at radius 2 is 1.16 bits per heavy atom. The minimum atomic E-state index is -1.33. The van der Waals surface area contributed by atoms with Crippen molar-refractivity contribution in [1.82, 2.24) is 16.0 Å². The molecule has 1 aromatic carbocycles. The molecule has 0 aliphatic carbocycles. The average Bonchev–Trinajstić information content (AvgIpc) is 2.87. The Morgan fingerprint density at radius 1 is 0.644 bits per heavy atom. The van der Waals surface area contributed by atoms with Crippen molar-refractivity contribution in [2.45, 2.75) is 130 Å². The fourth-order valence-corrected chi connectivity index (χ4v) is 3.85. The van der Waals surface area contributed by atoms with Gasteiger partial charge in [0.1, 0.15) is 28.9 Å². The number of esters is 3. The Kier molecular flexibility index (Phi) is 15.2. The number of amides is 3. The van der Waals surface area contributed by atoms with Gasteiger partial charge in [0, 0.05) is 24.9 Å². The van der Waals surface area contributed by atoms with Gasteiger partial charge >= 0.3 is 17.9 Å². The van der Waals surface area contributed by atoms with Gasteiger partial charge in [-0.05, 0) is 93.7 Å². The van der Waals surface area contributed by atoms with Gasteiger partial charge in [-0.2, -0.15) is 0 Å². The number of rotatable bonds is 15. The van der Waals surface area contributed by atoms with Crippen molar-refractivity contribution in [2.75, 3.05) is 6.54 Å². The number of benzene rings is 1. The predicted molar refractivity (Wildman–Crippen MR) is 168 cm³/mol. The zero-order valence-electron chi connectivity index (χ0n) is 28.2. The summed E-state index contributed by atoms with van der Waals surface area (Å²) in [5, 5.41) is 7.89. The van der Waals surface area contributed by atoms with E-state index in [4.69, 9.17) is 14.2 Å². The molecule has 12 nitrogen and oxygen atoms in total. The third kappa shape index (κ3) is 18.4. The van der Waals surface area contributed by atoms with Crippen molar-refractivity contribution in [2.24, 2.45) is 0 Å². The first kappa shape index (κ1) is 39.1. The Labute approximate surface area is 266 Å². The van der Waals surface area contributed by atoms with Crippen LogP contribution in [0.3, 0.4) is 0 Å². The number of carbonyl (C=O) groups excluding carboxylic acids is 6. The number of ether oxygens (including phenoxy) is 3. The molecule has 0 unspecified atom stereocenters. The van der Waals surface area contributed by atoms with Gasteiger partial charge < -0.3 is 30.2 Å². The summed E-state index contributed by atoms with van der Waals surface area (Å²) >= 11 is 0. The number of hydrogen-bond donors (Lipinski definition) is 3. The van der Waals surface area contributed by atoms with Crippen molar-refractivity contribution in [1.29, 1.82) is 0 Å². The predicted octanol–water partition coefficient (Wildman–Crippen LogP) is 3.75. The molecule has 0 heterocycles. The normalized spacial score (nSPS) is 13.1. The summed E-state index contributed by atoms with van der Waals surface area (Å²) in [5.74, 6) is -3.55. The van der Waals surface area contributed by atoms with Gasteiger partial charge in [-0.1, -0.05) is 18.2 Å². The topological polar surface area (TPSA) is 166 Å². The first-order valence-corrected chi connectivity index (χ1v) is 15.2. The van der Waals surface area contributed by atoms with E-state index in [0.29, 0.717) is 24.9 Å². The maximum Gasteiger partial charge on any atom is 0.329 e. The second-order valence-corrected chi connectivity index (χ2v) is 13.7. The molecule has 1 rings (SSSR count). The van der Waals surface area contributed by atoms with E-state index in [1.165, 1.54) is 0 Å². The third-order valence-corrected chi connectivity index (χ3v) is 5.65. The Morgan fingerprint density at radius 3 is 1.69 bits per heavy atom. The molecule has 0 aliphatic rings. The van der Waals surface area contributed by atoms with Crippen LogP contribution in [0.4, 0.5) is 0 Å². The maximum atomic E-state index is 13.1. The van der Waals surface area contributed by atoms with Gasteiger partial charge in [-0.15, -0.1) is 0 Å². The summed E-state index contributed by atoms with van der Waals surface area (Å²) in [5.41, 5.74) is -1.94. The standard InChI is InChI=1S/C33H51N3O9/c1-31(2,3)43-27(39)19-18-23(29(41)44-32(4,5)6)35-26(38)21-24(30(42)45-33(7,8)9)36-25(37)17-13-14-20-34-28(40)22-15-11-10-12-16-22/h10-12,15-16,23-24H,13-14,17-21H2,1-9H3,(H,34,40)(H,35,38)(H,36,37)/t23-,24-/m0/s1. The summed E-state index contributed by atoms with van der Waals surface area (Å²) in [7, 11) is 0. The summed E-state index contributed by atoms with van der Waals surface area (Å²) in [6.45, 7) is 15.5. The molecule has 45 heavy (non-hydrogen) atoms. The highest BCUT2D eigenvalue weighted by Crippen LogP contribution is 2.15. The van der Waals surface area contributed by atoms with E-state index in [0.717, 1.165) is 0 Å². The maximum absolute atomic E-state index is 13.1. The first-order chi connectivity index (χ1) is 20.6. The largest absolute Gasteiger partial charge is 0.460 e. The molecule has 0 spiro atoms. The van der Waals surface area contributed by atoms with E-state index in [1.807, 2.05) is 6.07 Å². The lowest BCUT2D eigenvalue weighted by Crippen LogP contribution is -2.50. The van der Waals surface area contributed by atoms with E-state index in [9.17, 15) is 28.8 Å².